The molecule has 32 heavy (non-hydrogen) atoms. The molecule has 2 aromatic carbocycles. The highest BCUT2D eigenvalue weighted by Gasteiger charge is 2.30. The molecule has 0 aromatic heterocycles. The van der Waals surface area contributed by atoms with E-state index in [2.05, 4.69) is 12.1 Å². The number of hydrogen-bond acceptors (Lipinski definition) is 4. The Morgan fingerprint density at radius 2 is 1.78 bits per heavy atom. The van der Waals surface area contributed by atoms with Gasteiger partial charge in [-0.1, -0.05) is 36.4 Å². The zero-order valence-corrected chi connectivity index (χ0v) is 19.3. The summed E-state index contributed by atoms with van der Waals surface area (Å²) in [6, 6.07) is 16.1. The van der Waals surface area contributed by atoms with E-state index in [1.807, 2.05) is 36.4 Å². The number of sulfone groups is 1. The van der Waals surface area contributed by atoms with Crippen LogP contribution >= 0.6 is 12.4 Å². The van der Waals surface area contributed by atoms with Crippen LogP contribution in [0.4, 0.5) is 13.2 Å². The Morgan fingerprint density at radius 1 is 1.06 bits per heavy atom. The number of benzene rings is 2. The van der Waals surface area contributed by atoms with Crippen LogP contribution in [0.25, 0.3) is 0 Å². The van der Waals surface area contributed by atoms with Crippen molar-refractivity contribution in [2.45, 2.75) is 50.2 Å². The molecule has 178 valence electrons. The van der Waals surface area contributed by atoms with Crippen LogP contribution in [0.1, 0.15) is 41.9 Å². The van der Waals surface area contributed by atoms with E-state index in [0.29, 0.717) is 5.75 Å². The molecule has 2 N–H and O–H groups in total. The molecule has 2 aromatic rings. The number of ether oxygens (including phenoxy) is 1. The average molecular weight is 492 g/mol. The van der Waals surface area contributed by atoms with E-state index in [9.17, 15) is 21.6 Å². The summed E-state index contributed by atoms with van der Waals surface area (Å²) in [6.07, 6.45) is -2.99. The average Bonchev–Trinajstić information content (AvgIpc) is 2.72. The summed E-state index contributed by atoms with van der Waals surface area (Å²) in [7, 11) is -3.75. The predicted molar refractivity (Wildman–Crippen MR) is 122 cm³/mol. The minimum absolute atomic E-state index is 0. The highest BCUT2D eigenvalue weighted by molar-refractivity contribution is 7.91. The summed E-state index contributed by atoms with van der Waals surface area (Å²) in [4.78, 5) is 0. The third kappa shape index (κ3) is 7.98. The van der Waals surface area contributed by atoms with Crippen molar-refractivity contribution >= 4 is 22.2 Å². The molecule has 2 atom stereocenters. The Labute approximate surface area is 193 Å². The molecule has 0 bridgehead atoms. The molecule has 9 heteroatoms. The molecule has 0 spiro atoms. The van der Waals surface area contributed by atoms with E-state index in [-0.39, 0.29) is 43.1 Å². The van der Waals surface area contributed by atoms with Crippen molar-refractivity contribution in [3.05, 3.63) is 65.2 Å². The molecule has 4 nitrogen and oxygen atoms in total. The Kier molecular flexibility index (Phi) is 9.42. The van der Waals surface area contributed by atoms with Gasteiger partial charge >= 0.3 is 6.18 Å². The van der Waals surface area contributed by atoms with Crippen molar-refractivity contribution < 1.29 is 26.3 Å². The van der Waals surface area contributed by atoms with Crippen LogP contribution in [-0.4, -0.2) is 38.7 Å². The summed E-state index contributed by atoms with van der Waals surface area (Å²) in [5.74, 6) is -0.416. The van der Waals surface area contributed by atoms with Gasteiger partial charge < -0.3 is 10.5 Å². The molecule has 0 saturated heterocycles. The maximum absolute atomic E-state index is 12.2. The zero-order chi connectivity index (χ0) is 22.5. The monoisotopic (exact) mass is 491 g/mol. The number of rotatable bonds is 9. The van der Waals surface area contributed by atoms with Gasteiger partial charge in [0.1, 0.15) is 5.75 Å². The van der Waals surface area contributed by atoms with Gasteiger partial charge in [0.2, 0.25) is 0 Å². The predicted octanol–water partition coefficient (Wildman–Crippen LogP) is 4.84. The van der Waals surface area contributed by atoms with Crippen molar-refractivity contribution in [3.63, 3.8) is 0 Å². The van der Waals surface area contributed by atoms with Crippen molar-refractivity contribution in [1.82, 2.24) is 0 Å². The van der Waals surface area contributed by atoms with E-state index in [0.717, 1.165) is 24.8 Å². The summed E-state index contributed by atoms with van der Waals surface area (Å²) in [5, 5.41) is 0. The first-order valence-electron chi connectivity index (χ1n) is 10.5. The minimum Gasteiger partial charge on any atom is -0.494 e. The number of halogens is 4. The Bertz CT molecular complexity index is 968. The molecule has 1 aliphatic carbocycles. The highest BCUT2D eigenvalue weighted by Crippen LogP contribution is 2.35. The van der Waals surface area contributed by atoms with Gasteiger partial charge in [0.15, 0.2) is 9.84 Å². The SMILES string of the molecule is Cl.NC1CCc2ccc(OCCCS(=O)(=O)CCC(F)(F)F)cc2C1Cc1ccccc1. The molecule has 0 aliphatic heterocycles. The third-order valence-corrected chi connectivity index (χ3v) is 7.38. The third-order valence-electron chi connectivity index (χ3n) is 5.64. The van der Waals surface area contributed by atoms with E-state index in [1.54, 1.807) is 0 Å². The number of nitrogens with two attached hydrogens (primary N) is 1. The van der Waals surface area contributed by atoms with Crippen LogP contribution in [0, 0.1) is 0 Å². The smallest absolute Gasteiger partial charge is 0.390 e. The molecule has 0 amide bonds. The van der Waals surface area contributed by atoms with E-state index in [4.69, 9.17) is 10.5 Å². The number of fused-ring (bicyclic) bond motifs is 1. The van der Waals surface area contributed by atoms with Crippen molar-refractivity contribution in [1.29, 1.82) is 0 Å². The van der Waals surface area contributed by atoms with Gasteiger partial charge in [-0.15, -0.1) is 12.4 Å². The lowest BCUT2D eigenvalue weighted by Crippen LogP contribution is -2.34. The summed E-state index contributed by atoms with van der Waals surface area (Å²) >= 11 is 0. The molecule has 0 radical (unpaired) electrons. The number of hydrogen-bond donors (Lipinski definition) is 1. The van der Waals surface area contributed by atoms with Crippen molar-refractivity contribution in [3.8, 4) is 5.75 Å². The first kappa shape index (κ1) is 26.5. The second-order valence-electron chi connectivity index (χ2n) is 8.08. The molecule has 0 fully saturated rings. The van der Waals surface area contributed by atoms with E-state index < -0.39 is 28.2 Å². The number of alkyl halides is 3. The Balaban J connectivity index is 0.00000363. The second-order valence-corrected chi connectivity index (χ2v) is 10.4. The molecule has 0 heterocycles. The zero-order valence-electron chi connectivity index (χ0n) is 17.7. The second kappa shape index (κ2) is 11.4. The lowest BCUT2D eigenvalue weighted by atomic mass is 9.76. The van der Waals surface area contributed by atoms with Crippen LogP contribution in [-0.2, 0) is 22.7 Å². The topological polar surface area (TPSA) is 69.4 Å². The van der Waals surface area contributed by atoms with Gasteiger partial charge in [-0.2, -0.15) is 13.2 Å². The largest absolute Gasteiger partial charge is 0.494 e. The molecular formula is C23H29ClF3NO3S. The standard InChI is InChI=1S/C23H28F3NO3S.ClH/c24-23(25,26)11-14-31(28,29)13-4-12-30-19-9-7-18-8-10-22(27)21(20(18)16-19)15-17-5-2-1-3-6-17;/h1-3,5-7,9,16,21-22H,4,8,10-15,27H2;1H. The van der Waals surface area contributed by atoms with Crippen molar-refractivity contribution in [2.24, 2.45) is 5.73 Å². The van der Waals surface area contributed by atoms with E-state index >= 15 is 0 Å². The van der Waals surface area contributed by atoms with Gasteiger partial charge in [0.05, 0.1) is 24.5 Å². The molecular weight excluding hydrogens is 463 g/mol. The van der Waals surface area contributed by atoms with Gasteiger partial charge in [-0.25, -0.2) is 8.42 Å². The molecule has 3 rings (SSSR count). The van der Waals surface area contributed by atoms with E-state index in [1.165, 1.54) is 11.1 Å². The van der Waals surface area contributed by atoms with Crippen molar-refractivity contribution in [2.75, 3.05) is 18.1 Å². The quantitative estimate of drug-likeness (QED) is 0.509. The van der Waals surface area contributed by atoms with Crippen LogP contribution in [0.15, 0.2) is 48.5 Å². The first-order valence-corrected chi connectivity index (χ1v) is 12.3. The van der Waals surface area contributed by atoms with Gasteiger partial charge in [-0.05, 0) is 54.5 Å². The molecule has 0 saturated carbocycles. The summed E-state index contributed by atoms with van der Waals surface area (Å²) in [6.45, 7) is 0.124. The molecule has 2 unspecified atom stereocenters. The minimum atomic E-state index is -4.47. The lowest BCUT2D eigenvalue weighted by Gasteiger charge is -2.32. The molecule has 1 aliphatic rings. The van der Waals surface area contributed by atoms with Gasteiger partial charge in [-0.3, -0.25) is 0 Å². The fraction of sp³-hybridized carbons (Fsp3) is 0.478. The Hall–Kier alpha value is -1.77. The fourth-order valence-electron chi connectivity index (χ4n) is 3.96. The summed E-state index contributed by atoms with van der Waals surface area (Å²) in [5.41, 5.74) is 10.0. The Morgan fingerprint density at radius 3 is 2.47 bits per heavy atom. The van der Waals surface area contributed by atoms with Crippen LogP contribution in [0.2, 0.25) is 0 Å². The number of aryl methyl sites for hydroxylation is 1. The van der Waals surface area contributed by atoms with Gasteiger partial charge in [0, 0.05) is 12.0 Å². The summed E-state index contributed by atoms with van der Waals surface area (Å²) < 4.78 is 65.9. The maximum Gasteiger partial charge on any atom is 0.390 e. The maximum atomic E-state index is 12.2. The lowest BCUT2D eigenvalue weighted by molar-refractivity contribution is -0.129. The van der Waals surface area contributed by atoms with Crippen LogP contribution in [0.3, 0.4) is 0 Å². The highest BCUT2D eigenvalue weighted by atomic mass is 35.5. The van der Waals surface area contributed by atoms with Gasteiger partial charge in [0.25, 0.3) is 0 Å². The fourth-order valence-corrected chi connectivity index (χ4v) is 5.27. The first-order chi connectivity index (χ1) is 14.6. The van der Waals surface area contributed by atoms with Crippen LogP contribution < -0.4 is 10.5 Å². The van der Waals surface area contributed by atoms with Crippen LogP contribution in [0.5, 0.6) is 5.75 Å². The normalized spacial score (nSPS) is 18.5.